The minimum absolute atomic E-state index is 0.00239. The minimum Gasteiger partial charge on any atom is -0.325 e. The summed E-state index contributed by atoms with van der Waals surface area (Å²) in [6.45, 7) is -0.533. The van der Waals surface area contributed by atoms with E-state index in [0.717, 1.165) is 14.4 Å². The van der Waals surface area contributed by atoms with Crippen LogP contribution in [0.25, 0.3) is 10.1 Å². The average Bonchev–Trinajstić information content (AvgIpc) is 3.23. The largest absolute Gasteiger partial charge is 0.325 e. The molecule has 3 aromatic carbocycles. The van der Waals surface area contributed by atoms with Crippen molar-refractivity contribution in [1.82, 2.24) is 8.68 Å². The second kappa shape index (κ2) is 9.33. The minimum atomic E-state index is -4.03. The molecule has 0 bridgehead atoms. The van der Waals surface area contributed by atoms with E-state index in [9.17, 15) is 17.6 Å². The van der Waals surface area contributed by atoms with E-state index in [-0.39, 0.29) is 11.4 Å². The number of amides is 1. The van der Waals surface area contributed by atoms with E-state index in [4.69, 9.17) is 11.6 Å². The highest BCUT2D eigenvalue weighted by molar-refractivity contribution is 7.89. The van der Waals surface area contributed by atoms with E-state index in [1.54, 1.807) is 18.3 Å². The van der Waals surface area contributed by atoms with Crippen LogP contribution in [0.3, 0.4) is 0 Å². The molecule has 0 spiro atoms. The number of carbonyl (C=O) groups excluding carboxylic acids is 1. The average molecular weight is 490 g/mol. The first-order chi connectivity index (χ1) is 15.3. The molecule has 0 radical (unpaired) electrons. The molecule has 0 aliphatic rings. The molecule has 0 unspecified atom stereocenters. The summed E-state index contributed by atoms with van der Waals surface area (Å²) < 4.78 is 45.9. The number of rotatable bonds is 7. The zero-order chi connectivity index (χ0) is 22.7. The topological polar surface area (TPSA) is 79.4 Å². The van der Waals surface area contributed by atoms with E-state index in [2.05, 4.69) is 9.69 Å². The molecule has 6 nitrogen and oxygen atoms in total. The normalized spacial score (nSPS) is 11.7. The molecule has 32 heavy (non-hydrogen) atoms. The number of fused-ring (bicyclic) bond motifs is 1. The van der Waals surface area contributed by atoms with Crippen molar-refractivity contribution in [3.05, 3.63) is 89.3 Å². The Bertz CT molecular complexity index is 1360. The number of carbonyl (C=O) groups is 1. The molecule has 1 aromatic heterocycles. The molecule has 4 rings (SSSR count). The first-order valence-electron chi connectivity index (χ1n) is 9.46. The number of nitrogens with one attached hydrogen (secondary N) is 1. The molecule has 1 amide bonds. The Morgan fingerprint density at radius 1 is 1.06 bits per heavy atom. The van der Waals surface area contributed by atoms with Crippen molar-refractivity contribution in [3.63, 3.8) is 0 Å². The van der Waals surface area contributed by atoms with Gasteiger partial charge in [-0.05, 0) is 71.7 Å². The summed E-state index contributed by atoms with van der Waals surface area (Å²) in [4.78, 5) is 12.8. The summed E-state index contributed by atoms with van der Waals surface area (Å²) in [5.41, 5.74) is 1.08. The fourth-order valence-corrected chi connectivity index (χ4v) is 5.22. The molecule has 4 aromatic rings. The van der Waals surface area contributed by atoms with Gasteiger partial charge in [-0.3, -0.25) is 4.79 Å². The Kier molecular flexibility index (Phi) is 6.52. The Balaban J connectivity index is 1.59. The summed E-state index contributed by atoms with van der Waals surface area (Å²) in [6.07, 6.45) is 1.70. The van der Waals surface area contributed by atoms with Crippen LogP contribution >= 0.6 is 23.1 Å². The molecule has 0 aliphatic heterocycles. The van der Waals surface area contributed by atoms with E-state index in [0.29, 0.717) is 16.3 Å². The molecular weight excluding hydrogens is 473 g/mol. The number of aromatic nitrogens is 1. The van der Waals surface area contributed by atoms with Gasteiger partial charge in [0.1, 0.15) is 5.82 Å². The number of anilines is 1. The first kappa shape index (κ1) is 22.3. The van der Waals surface area contributed by atoms with Crippen molar-refractivity contribution in [2.45, 2.75) is 11.4 Å². The van der Waals surface area contributed by atoms with Crippen LogP contribution in [0.5, 0.6) is 0 Å². The fourth-order valence-electron chi connectivity index (χ4n) is 3.09. The van der Waals surface area contributed by atoms with Crippen LogP contribution in [0.4, 0.5) is 10.1 Å². The van der Waals surface area contributed by atoms with Gasteiger partial charge >= 0.3 is 0 Å². The van der Waals surface area contributed by atoms with Crippen LogP contribution < -0.4 is 5.32 Å². The smallest absolute Gasteiger partial charge is 0.243 e. The predicted octanol–water partition coefficient (Wildman–Crippen LogP) is 4.92. The van der Waals surface area contributed by atoms with Gasteiger partial charge in [-0.25, -0.2) is 12.8 Å². The molecule has 164 valence electrons. The van der Waals surface area contributed by atoms with Gasteiger partial charge in [0.2, 0.25) is 15.9 Å². The van der Waals surface area contributed by atoms with Gasteiger partial charge < -0.3 is 5.32 Å². The molecular formula is C22H17ClFN3O3S2. The molecule has 0 atom stereocenters. The lowest BCUT2D eigenvalue weighted by Gasteiger charge is -2.22. The summed E-state index contributed by atoms with van der Waals surface area (Å²) in [7, 11) is -4.03. The SMILES string of the molecule is O=C(CN(Cc1ccc(F)cc1)S(=O)(=O)c1ccc(Cl)cc1)Nc1ccc2sncc2c1. The molecule has 0 aliphatic carbocycles. The highest BCUT2D eigenvalue weighted by Gasteiger charge is 2.27. The van der Waals surface area contributed by atoms with Gasteiger partial charge in [-0.15, -0.1) is 0 Å². The number of halogens is 2. The van der Waals surface area contributed by atoms with Crippen LogP contribution in [0.15, 0.2) is 77.8 Å². The molecule has 1 heterocycles. The van der Waals surface area contributed by atoms with Gasteiger partial charge in [-0.1, -0.05) is 23.7 Å². The van der Waals surface area contributed by atoms with Crippen LogP contribution in [0.2, 0.25) is 5.02 Å². The van der Waals surface area contributed by atoms with E-state index < -0.39 is 28.3 Å². The van der Waals surface area contributed by atoms with Gasteiger partial charge in [-0.2, -0.15) is 8.68 Å². The molecule has 0 fully saturated rings. The van der Waals surface area contributed by atoms with Gasteiger partial charge in [0, 0.05) is 28.8 Å². The Labute approximate surface area is 193 Å². The van der Waals surface area contributed by atoms with Crippen LogP contribution in [0, 0.1) is 5.82 Å². The van der Waals surface area contributed by atoms with E-state index in [1.807, 2.05) is 6.07 Å². The molecule has 0 saturated heterocycles. The van der Waals surface area contributed by atoms with Crippen LogP contribution in [0.1, 0.15) is 5.56 Å². The van der Waals surface area contributed by atoms with Gasteiger partial charge in [0.15, 0.2) is 0 Å². The Hall–Kier alpha value is -2.85. The monoisotopic (exact) mass is 489 g/mol. The number of nitrogens with zero attached hydrogens (tertiary/aromatic N) is 2. The van der Waals surface area contributed by atoms with E-state index >= 15 is 0 Å². The van der Waals surface area contributed by atoms with Crippen molar-refractivity contribution in [3.8, 4) is 0 Å². The second-order valence-electron chi connectivity index (χ2n) is 6.98. The summed E-state index contributed by atoms with van der Waals surface area (Å²) >= 11 is 7.23. The fraction of sp³-hybridized carbons (Fsp3) is 0.0909. The van der Waals surface area contributed by atoms with Crippen LogP contribution in [-0.2, 0) is 21.4 Å². The highest BCUT2D eigenvalue weighted by Crippen LogP contribution is 2.23. The summed E-state index contributed by atoms with van der Waals surface area (Å²) in [5, 5.41) is 4.01. The predicted molar refractivity (Wildman–Crippen MR) is 124 cm³/mol. The van der Waals surface area contributed by atoms with Crippen molar-refractivity contribution in [2.24, 2.45) is 0 Å². The zero-order valence-electron chi connectivity index (χ0n) is 16.5. The number of hydrogen-bond acceptors (Lipinski definition) is 5. The standard InChI is InChI=1S/C22H17ClFN3O3S2/c23-17-3-8-20(9-4-17)32(29,30)27(13-15-1-5-18(24)6-2-15)14-22(28)26-19-7-10-21-16(11-19)12-25-31-21/h1-12H,13-14H2,(H,26,28). The lowest BCUT2D eigenvalue weighted by molar-refractivity contribution is -0.116. The van der Waals surface area contributed by atoms with E-state index in [1.165, 1.54) is 60.1 Å². The third-order valence-corrected chi connectivity index (χ3v) is 7.52. The van der Waals surface area contributed by atoms with Crippen molar-refractivity contribution < 1.29 is 17.6 Å². The highest BCUT2D eigenvalue weighted by atomic mass is 35.5. The van der Waals surface area contributed by atoms with Crippen molar-refractivity contribution in [2.75, 3.05) is 11.9 Å². The van der Waals surface area contributed by atoms with Gasteiger partial charge in [0.05, 0.1) is 16.1 Å². The third kappa shape index (κ3) is 5.13. The number of sulfonamides is 1. The van der Waals surface area contributed by atoms with Crippen LogP contribution in [-0.4, -0.2) is 29.5 Å². The second-order valence-corrected chi connectivity index (χ2v) is 10.2. The lowest BCUT2D eigenvalue weighted by atomic mass is 10.2. The number of hydrogen-bond donors (Lipinski definition) is 1. The molecule has 10 heteroatoms. The van der Waals surface area contributed by atoms with Crippen molar-refractivity contribution in [1.29, 1.82) is 0 Å². The maximum atomic E-state index is 13.3. The molecule has 1 N–H and O–H groups in total. The first-order valence-corrected chi connectivity index (χ1v) is 12.0. The quantitative estimate of drug-likeness (QED) is 0.399. The lowest BCUT2D eigenvalue weighted by Crippen LogP contribution is -2.37. The Morgan fingerprint density at radius 2 is 1.78 bits per heavy atom. The maximum Gasteiger partial charge on any atom is 0.243 e. The van der Waals surface area contributed by atoms with Gasteiger partial charge in [0.25, 0.3) is 0 Å². The summed E-state index contributed by atoms with van der Waals surface area (Å²) in [5.74, 6) is -0.941. The Morgan fingerprint density at radius 3 is 2.50 bits per heavy atom. The summed E-state index contributed by atoms with van der Waals surface area (Å²) in [6, 6.07) is 16.5. The van der Waals surface area contributed by atoms with Crippen molar-refractivity contribution >= 4 is 54.8 Å². The maximum absolute atomic E-state index is 13.3. The number of benzene rings is 3. The zero-order valence-corrected chi connectivity index (χ0v) is 18.9. The molecule has 0 saturated carbocycles. The third-order valence-electron chi connectivity index (χ3n) is 4.68.